The summed E-state index contributed by atoms with van der Waals surface area (Å²) >= 11 is 8.24. The van der Waals surface area contributed by atoms with Gasteiger partial charge in [-0.1, -0.05) is 29.4 Å². The molecule has 0 bridgehead atoms. The number of aromatic amines is 1. The molecule has 27 heavy (non-hydrogen) atoms. The van der Waals surface area contributed by atoms with Crippen molar-refractivity contribution in [1.82, 2.24) is 15.2 Å². The van der Waals surface area contributed by atoms with E-state index in [0.29, 0.717) is 17.4 Å². The molecule has 0 spiro atoms. The minimum atomic E-state index is -4.59. The molecule has 0 fully saturated rings. The smallest absolute Gasteiger partial charge is 0.325 e. The monoisotopic (exact) mass is 432 g/mol. The number of amides is 1. The highest BCUT2D eigenvalue weighted by Crippen LogP contribution is 2.36. The van der Waals surface area contributed by atoms with Crippen LogP contribution in [-0.4, -0.2) is 26.8 Å². The molecule has 0 aliphatic rings. The fourth-order valence-electron chi connectivity index (χ4n) is 2.15. The van der Waals surface area contributed by atoms with Gasteiger partial charge in [0.15, 0.2) is 0 Å². The number of aromatic nitrogens is 3. The van der Waals surface area contributed by atoms with Crippen molar-refractivity contribution in [2.24, 2.45) is 0 Å². The number of carbonyl (C=O) groups is 1. The molecule has 5 nitrogen and oxygen atoms in total. The number of anilines is 1. The number of thiophene rings is 1. The lowest BCUT2D eigenvalue weighted by Crippen LogP contribution is -2.15. The summed E-state index contributed by atoms with van der Waals surface area (Å²) in [6, 6.07) is 7.13. The molecule has 0 aliphatic carbocycles. The van der Waals surface area contributed by atoms with Crippen LogP contribution in [0.15, 0.2) is 40.9 Å². The van der Waals surface area contributed by atoms with E-state index in [9.17, 15) is 18.0 Å². The predicted octanol–water partition coefficient (Wildman–Crippen LogP) is 4.86. The van der Waals surface area contributed by atoms with Crippen LogP contribution in [-0.2, 0) is 17.4 Å². The molecule has 0 atom stereocenters. The molecule has 0 unspecified atom stereocenters. The Balaban J connectivity index is 1.55. The maximum absolute atomic E-state index is 12.9. The van der Waals surface area contributed by atoms with Crippen LogP contribution in [0, 0.1) is 0 Å². The number of carbonyl (C=O) groups excluding carboxylic acids is 1. The van der Waals surface area contributed by atoms with Crippen LogP contribution in [0.25, 0.3) is 0 Å². The lowest BCUT2D eigenvalue weighted by atomic mass is 10.2. The molecule has 0 saturated heterocycles. The third-order valence-corrected chi connectivity index (χ3v) is 5.37. The number of nitrogens with zero attached hydrogens (tertiary/aromatic N) is 2. The fourth-order valence-corrected chi connectivity index (χ4v) is 3.70. The van der Waals surface area contributed by atoms with E-state index in [-0.39, 0.29) is 11.4 Å². The van der Waals surface area contributed by atoms with Gasteiger partial charge < -0.3 is 5.32 Å². The molecule has 0 aliphatic heterocycles. The summed E-state index contributed by atoms with van der Waals surface area (Å²) in [5.74, 6) is 0.160. The van der Waals surface area contributed by atoms with Crippen LogP contribution in [0.5, 0.6) is 0 Å². The van der Waals surface area contributed by atoms with E-state index in [2.05, 4.69) is 20.5 Å². The van der Waals surface area contributed by atoms with Crippen molar-refractivity contribution in [3.05, 3.63) is 57.0 Å². The van der Waals surface area contributed by atoms with Crippen molar-refractivity contribution in [2.75, 3.05) is 11.1 Å². The second-order valence-corrected chi connectivity index (χ2v) is 7.73. The average molecular weight is 433 g/mol. The van der Waals surface area contributed by atoms with Crippen molar-refractivity contribution in [1.29, 1.82) is 0 Å². The van der Waals surface area contributed by atoms with Gasteiger partial charge in [-0.2, -0.15) is 13.2 Å². The van der Waals surface area contributed by atoms with Crippen LogP contribution in [0.4, 0.5) is 18.9 Å². The summed E-state index contributed by atoms with van der Waals surface area (Å²) in [7, 11) is 0. The number of thioether (sulfide) groups is 1. The Kier molecular flexibility index (Phi) is 6.08. The Bertz CT molecular complexity index is 928. The minimum absolute atomic E-state index is 0.0192. The Morgan fingerprint density at radius 2 is 2.15 bits per heavy atom. The fraction of sp³-hybridized carbons (Fsp3) is 0.188. The summed E-state index contributed by atoms with van der Waals surface area (Å²) in [5.41, 5.74) is -0.979. The van der Waals surface area contributed by atoms with Gasteiger partial charge in [0.05, 0.1) is 16.3 Å². The van der Waals surface area contributed by atoms with Crippen LogP contribution >= 0.6 is 34.7 Å². The van der Waals surface area contributed by atoms with Gasteiger partial charge in [-0.05, 0) is 29.6 Å². The first-order chi connectivity index (χ1) is 12.8. The zero-order valence-electron chi connectivity index (χ0n) is 13.5. The Labute approximate surface area is 165 Å². The molecule has 1 amide bonds. The number of H-pyrrole nitrogens is 1. The SMILES string of the molecule is O=C(CSc1n[nH]c(Cc2cccs2)n1)Nc1ccc(Cl)c(C(F)(F)F)c1. The number of alkyl halides is 3. The third-order valence-electron chi connectivity index (χ3n) is 3.32. The summed E-state index contributed by atoms with van der Waals surface area (Å²) in [4.78, 5) is 17.4. The second-order valence-electron chi connectivity index (χ2n) is 5.35. The summed E-state index contributed by atoms with van der Waals surface area (Å²) in [6.07, 6.45) is -3.98. The summed E-state index contributed by atoms with van der Waals surface area (Å²) in [5, 5.41) is 11.2. The molecule has 3 aromatic rings. The van der Waals surface area contributed by atoms with Gasteiger partial charge >= 0.3 is 6.18 Å². The van der Waals surface area contributed by atoms with E-state index in [1.165, 1.54) is 6.07 Å². The number of halogens is 4. The van der Waals surface area contributed by atoms with Crippen molar-refractivity contribution in [3.63, 3.8) is 0 Å². The van der Waals surface area contributed by atoms with E-state index in [1.54, 1.807) is 11.3 Å². The molecular formula is C16H12ClF3N4OS2. The van der Waals surface area contributed by atoms with Crippen molar-refractivity contribution in [3.8, 4) is 0 Å². The van der Waals surface area contributed by atoms with Gasteiger partial charge in [0.2, 0.25) is 11.1 Å². The molecule has 142 valence electrons. The highest BCUT2D eigenvalue weighted by atomic mass is 35.5. The maximum atomic E-state index is 12.9. The lowest BCUT2D eigenvalue weighted by Gasteiger charge is -2.11. The first kappa shape index (κ1) is 19.7. The van der Waals surface area contributed by atoms with Gasteiger partial charge in [-0.15, -0.1) is 16.4 Å². The van der Waals surface area contributed by atoms with Crippen LogP contribution in [0.2, 0.25) is 5.02 Å². The molecule has 1 aromatic carbocycles. The topological polar surface area (TPSA) is 70.7 Å². The van der Waals surface area contributed by atoms with Crippen LogP contribution in [0.3, 0.4) is 0 Å². The molecule has 11 heteroatoms. The van der Waals surface area contributed by atoms with Crippen molar-refractivity contribution in [2.45, 2.75) is 17.8 Å². The first-order valence-corrected chi connectivity index (χ1v) is 9.78. The summed E-state index contributed by atoms with van der Waals surface area (Å²) < 4.78 is 38.6. The number of hydrogen-bond donors (Lipinski definition) is 2. The molecule has 2 N–H and O–H groups in total. The van der Waals surface area contributed by atoms with Gasteiger partial charge in [-0.25, -0.2) is 4.98 Å². The maximum Gasteiger partial charge on any atom is 0.417 e. The van der Waals surface area contributed by atoms with Gasteiger partial charge in [0.1, 0.15) is 5.82 Å². The standard InChI is InChI=1S/C16H12ClF3N4OS2/c17-12-4-3-9(6-11(12)16(18,19)20)21-14(25)8-27-15-22-13(23-24-15)7-10-2-1-5-26-10/h1-6H,7-8H2,(H,21,25)(H,22,23,24). The zero-order valence-corrected chi connectivity index (χ0v) is 15.9. The molecule has 2 aromatic heterocycles. The minimum Gasteiger partial charge on any atom is -0.325 e. The quantitative estimate of drug-likeness (QED) is 0.546. The van der Waals surface area contributed by atoms with E-state index < -0.39 is 22.7 Å². The number of hydrogen-bond acceptors (Lipinski definition) is 5. The first-order valence-electron chi connectivity index (χ1n) is 7.54. The van der Waals surface area contributed by atoms with Crippen LogP contribution < -0.4 is 5.32 Å². The highest BCUT2D eigenvalue weighted by Gasteiger charge is 2.33. The Morgan fingerprint density at radius 3 is 2.85 bits per heavy atom. The van der Waals surface area contributed by atoms with E-state index in [4.69, 9.17) is 11.6 Å². The van der Waals surface area contributed by atoms with E-state index >= 15 is 0 Å². The van der Waals surface area contributed by atoms with Gasteiger partial charge in [-0.3, -0.25) is 9.89 Å². The van der Waals surface area contributed by atoms with E-state index in [0.717, 1.165) is 28.8 Å². The number of nitrogens with one attached hydrogen (secondary N) is 2. The van der Waals surface area contributed by atoms with Crippen molar-refractivity contribution >= 4 is 46.3 Å². The number of rotatable bonds is 6. The third kappa shape index (κ3) is 5.47. The molecule has 0 saturated carbocycles. The van der Waals surface area contributed by atoms with E-state index in [1.807, 2.05) is 17.5 Å². The summed E-state index contributed by atoms with van der Waals surface area (Å²) in [6.45, 7) is 0. The molecule has 0 radical (unpaired) electrons. The predicted molar refractivity (Wildman–Crippen MR) is 99.3 cm³/mol. The zero-order chi connectivity index (χ0) is 19.4. The Hall–Kier alpha value is -2.04. The molecular weight excluding hydrogens is 421 g/mol. The normalized spacial score (nSPS) is 11.6. The molecule has 2 heterocycles. The van der Waals surface area contributed by atoms with Gasteiger partial charge in [0, 0.05) is 17.0 Å². The Morgan fingerprint density at radius 1 is 1.33 bits per heavy atom. The highest BCUT2D eigenvalue weighted by molar-refractivity contribution is 7.99. The largest absolute Gasteiger partial charge is 0.417 e. The lowest BCUT2D eigenvalue weighted by molar-refractivity contribution is -0.137. The van der Waals surface area contributed by atoms with Crippen molar-refractivity contribution < 1.29 is 18.0 Å². The van der Waals surface area contributed by atoms with Crippen LogP contribution in [0.1, 0.15) is 16.3 Å². The second kappa shape index (κ2) is 8.32. The number of benzene rings is 1. The van der Waals surface area contributed by atoms with Gasteiger partial charge in [0.25, 0.3) is 0 Å². The molecule has 3 rings (SSSR count). The average Bonchev–Trinajstić information content (AvgIpc) is 3.26.